The highest BCUT2D eigenvalue weighted by Gasteiger charge is 2.34. The number of nitrogens with zero attached hydrogens (tertiary/aromatic N) is 2. The number of rotatable bonds is 3. The van der Waals surface area contributed by atoms with Gasteiger partial charge in [0.15, 0.2) is 0 Å². The fourth-order valence-electron chi connectivity index (χ4n) is 3.38. The van der Waals surface area contributed by atoms with Gasteiger partial charge in [-0.1, -0.05) is 5.16 Å². The van der Waals surface area contributed by atoms with Crippen LogP contribution in [0.5, 0.6) is 0 Å². The fourth-order valence-corrected chi connectivity index (χ4v) is 3.38. The van der Waals surface area contributed by atoms with Crippen LogP contribution in [-0.4, -0.2) is 41.9 Å². The first-order chi connectivity index (χ1) is 10.2. The molecule has 0 aromatic carbocycles. The molecule has 1 N–H and O–H groups in total. The summed E-state index contributed by atoms with van der Waals surface area (Å²) in [6.45, 7) is 6.05. The van der Waals surface area contributed by atoms with E-state index in [4.69, 9.17) is 9.26 Å². The van der Waals surface area contributed by atoms with Gasteiger partial charge in [-0.15, -0.1) is 0 Å². The maximum Gasteiger partial charge on any atom is 0.318 e. The molecule has 0 aliphatic carbocycles. The second-order valence-corrected chi connectivity index (χ2v) is 5.91. The van der Waals surface area contributed by atoms with E-state index in [-0.39, 0.29) is 18.2 Å². The third-order valence-corrected chi connectivity index (χ3v) is 4.44. The van der Waals surface area contributed by atoms with Crippen molar-refractivity contribution < 1.29 is 14.1 Å². The normalized spacial score (nSPS) is 25.5. The molecule has 1 aromatic heterocycles. The molecular formula is C15H23N3O3. The minimum atomic E-state index is -0.00648. The molecule has 2 atom stereocenters. The smallest absolute Gasteiger partial charge is 0.318 e. The number of aryl methyl sites for hydroxylation is 2. The van der Waals surface area contributed by atoms with E-state index in [1.54, 1.807) is 0 Å². The van der Waals surface area contributed by atoms with Crippen LogP contribution in [0.15, 0.2) is 4.52 Å². The highest BCUT2D eigenvalue weighted by Crippen LogP contribution is 2.35. The molecule has 6 nitrogen and oxygen atoms in total. The van der Waals surface area contributed by atoms with Crippen LogP contribution in [-0.2, 0) is 4.74 Å². The highest BCUT2D eigenvalue weighted by atomic mass is 16.5. The minimum absolute atomic E-state index is 0.00648. The monoisotopic (exact) mass is 293 g/mol. The first-order valence-electron chi connectivity index (χ1n) is 7.75. The second kappa shape index (κ2) is 6.05. The molecule has 1 aromatic rings. The fraction of sp³-hybridized carbons (Fsp3) is 0.733. The van der Waals surface area contributed by atoms with E-state index >= 15 is 0 Å². The van der Waals surface area contributed by atoms with Crippen molar-refractivity contribution in [2.45, 2.75) is 51.7 Å². The summed E-state index contributed by atoms with van der Waals surface area (Å²) in [7, 11) is 0. The van der Waals surface area contributed by atoms with Gasteiger partial charge in [0.25, 0.3) is 0 Å². The Morgan fingerprint density at radius 1 is 1.38 bits per heavy atom. The maximum absolute atomic E-state index is 12.4. The van der Waals surface area contributed by atoms with Gasteiger partial charge in [-0.25, -0.2) is 4.79 Å². The van der Waals surface area contributed by atoms with Crippen molar-refractivity contribution >= 4 is 6.03 Å². The third-order valence-electron chi connectivity index (χ3n) is 4.44. The molecule has 2 amide bonds. The molecule has 116 valence electrons. The van der Waals surface area contributed by atoms with Crippen LogP contribution >= 0.6 is 0 Å². The van der Waals surface area contributed by atoms with E-state index in [1.807, 2.05) is 18.7 Å². The second-order valence-electron chi connectivity index (χ2n) is 5.91. The van der Waals surface area contributed by atoms with E-state index in [9.17, 15) is 4.79 Å². The molecular weight excluding hydrogens is 270 g/mol. The number of urea groups is 1. The number of nitrogens with one attached hydrogen (secondary N) is 1. The Balaban J connectivity index is 1.64. The molecule has 21 heavy (non-hydrogen) atoms. The van der Waals surface area contributed by atoms with Crippen molar-refractivity contribution in [1.29, 1.82) is 0 Å². The average molecular weight is 293 g/mol. The molecule has 2 aliphatic rings. The number of likely N-dealkylation sites (tertiary alicyclic amines) is 1. The summed E-state index contributed by atoms with van der Waals surface area (Å²) in [5.74, 6) is 0.816. The lowest BCUT2D eigenvalue weighted by Gasteiger charge is -2.25. The van der Waals surface area contributed by atoms with E-state index in [2.05, 4.69) is 10.5 Å². The number of ether oxygens (including phenoxy) is 1. The lowest BCUT2D eigenvalue weighted by atomic mass is 10.0. The van der Waals surface area contributed by atoms with Gasteiger partial charge in [-0.2, -0.15) is 0 Å². The Kier molecular flexibility index (Phi) is 4.14. The van der Waals surface area contributed by atoms with Crippen LogP contribution < -0.4 is 5.32 Å². The molecule has 0 unspecified atom stereocenters. The topological polar surface area (TPSA) is 67.6 Å². The van der Waals surface area contributed by atoms with Crippen molar-refractivity contribution in [3.05, 3.63) is 17.0 Å². The Morgan fingerprint density at radius 2 is 2.24 bits per heavy atom. The first-order valence-corrected chi connectivity index (χ1v) is 7.75. The van der Waals surface area contributed by atoms with Crippen molar-refractivity contribution in [2.75, 3.05) is 19.7 Å². The average Bonchev–Trinajstić information content (AvgIpc) is 3.18. The minimum Gasteiger partial charge on any atom is -0.376 e. The maximum atomic E-state index is 12.4. The lowest BCUT2D eigenvalue weighted by Crippen LogP contribution is -2.42. The Hall–Kier alpha value is -1.56. The van der Waals surface area contributed by atoms with Gasteiger partial charge in [0.05, 0.1) is 17.8 Å². The molecule has 2 aliphatic heterocycles. The molecule has 0 bridgehead atoms. The Labute approximate surface area is 124 Å². The summed E-state index contributed by atoms with van der Waals surface area (Å²) < 4.78 is 10.8. The zero-order valence-electron chi connectivity index (χ0n) is 12.7. The van der Waals surface area contributed by atoms with E-state index in [1.165, 1.54) is 0 Å². The van der Waals surface area contributed by atoms with Crippen molar-refractivity contribution in [3.8, 4) is 0 Å². The number of aromatic nitrogens is 1. The summed E-state index contributed by atoms with van der Waals surface area (Å²) in [5, 5.41) is 7.02. The molecule has 3 rings (SSSR count). The van der Waals surface area contributed by atoms with Crippen LogP contribution in [0.4, 0.5) is 4.79 Å². The molecule has 2 fully saturated rings. The Morgan fingerprint density at radius 3 is 2.90 bits per heavy atom. The van der Waals surface area contributed by atoms with Crippen molar-refractivity contribution in [1.82, 2.24) is 15.4 Å². The number of hydrogen-bond acceptors (Lipinski definition) is 4. The van der Waals surface area contributed by atoms with E-state index < -0.39 is 0 Å². The van der Waals surface area contributed by atoms with Crippen LogP contribution in [0.1, 0.15) is 48.7 Å². The van der Waals surface area contributed by atoms with Crippen LogP contribution in [0.2, 0.25) is 0 Å². The molecule has 0 saturated carbocycles. The summed E-state index contributed by atoms with van der Waals surface area (Å²) in [6, 6.07) is 0.0775. The van der Waals surface area contributed by atoms with Crippen molar-refractivity contribution in [3.63, 3.8) is 0 Å². The highest BCUT2D eigenvalue weighted by molar-refractivity contribution is 5.75. The quantitative estimate of drug-likeness (QED) is 0.928. The standard InChI is InChI=1S/C15H23N3O3/c1-10-14(11(2)21-17-10)13-6-3-7-18(13)15(19)16-9-12-5-4-8-20-12/h12-13H,3-9H2,1-2H3,(H,16,19)/t12-,13-/m0/s1. The SMILES string of the molecule is Cc1noc(C)c1[C@@H]1CCCN1C(=O)NC[C@@H]1CCCO1. The molecule has 3 heterocycles. The number of carbonyl (C=O) groups excluding carboxylic acids is 1. The van der Waals surface area contributed by atoms with Gasteiger partial charge in [0, 0.05) is 25.3 Å². The van der Waals surface area contributed by atoms with Gasteiger partial charge >= 0.3 is 6.03 Å². The zero-order chi connectivity index (χ0) is 14.8. The first kappa shape index (κ1) is 14.4. The molecule has 6 heteroatoms. The molecule has 0 radical (unpaired) electrons. The summed E-state index contributed by atoms with van der Waals surface area (Å²) in [6.07, 6.45) is 4.28. The number of carbonyl (C=O) groups is 1. The number of amides is 2. The van der Waals surface area contributed by atoms with Gasteiger partial charge in [0.1, 0.15) is 5.76 Å². The van der Waals surface area contributed by atoms with E-state index in [0.717, 1.165) is 55.9 Å². The Bertz CT molecular complexity index is 489. The molecule has 0 spiro atoms. The largest absolute Gasteiger partial charge is 0.376 e. The van der Waals surface area contributed by atoms with Gasteiger partial charge in [-0.05, 0) is 39.5 Å². The summed E-state index contributed by atoms with van der Waals surface area (Å²) in [4.78, 5) is 14.3. The van der Waals surface area contributed by atoms with Gasteiger partial charge < -0.3 is 19.5 Å². The van der Waals surface area contributed by atoms with Gasteiger partial charge in [0.2, 0.25) is 0 Å². The van der Waals surface area contributed by atoms with E-state index in [0.29, 0.717) is 6.54 Å². The predicted molar refractivity (Wildman–Crippen MR) is 77.0 cm³/mol. The summed E-state index contributed by atoms with van der Waals surface area (Å²) >= 11 is 0. The molecule has 2 saturated heterocycles. The third kappa shape index (κ3) is 2.90. The predicted octanol–water partition coefficient (Wildman–Crippen LogP) is 2.32. The lowest BCUT2D eigenvalue weighted by molar-refractivity contribution is 0.108. The van der Waals surface area contributed by atoms with Gasteiger partial charge in [-0.3, -0.25) is 0 Å². The number of hydrogen-bond donors (Lipinski definition) is 1. The van der Waals surface area contributed by atoms with Crippen molar-refractivity contribution in [2.24, 2.45) is 0 Å². The summed E-state index contributed by atoms with van der Waals surface area (Å²) in [5.41, 5.74) is 1.95. The van der Waals surface area contributed by atoms with Crippen LogP contribution in [0.3, 0.4) is 0 Å². The van der Waals surface area contributed by atoms with Crippen LogP contribution in [0.25, 0.3) is 0 Å². The zero-order valence-corrected chi connectivity index (χ0v) is 12.7. The van der Waals surface area contributed by atoms with Crippen LogP contribution in [0, 0.1) is 13.8 Å².